The van der Waals surface area contributed by atoms with Gasteiger partial charge in [-0.25, -0.2) is 0 Å². The number of hydrogen-bond donors (Lipinski definition) is 0. The third kappa shape index (κ3) is 6.37. The monoisotopic (exact) mass is 893 g/mol. The lowest BCUT2D eigenvalue weighted by molar-refractivity contribution is 0.445. The average Bonchev–Trinajstić information content (AvgIpc) is 3.99. The number of nitrogens with zero attached hydrogens (tertiary/aromatic N) is 1. The molecule has 2 nitrogen and oxygen atoms in total. The second-order valence-electron chi connectivity index (χ2n) is 22.3. The Labute approximate surface area is 407 Å². The first-order valence-corrected chi connectivity index (χ1v) is 25.4. The van der Waals surface area contributed by atoms with Crippen LogP contribution in [0, 0.1) is 0 Å². The zero-order chi connectivity index (χ0) is 46.8. The molecule has 10 aromatic rings. The molecule has 0 unspecified atom stereocenters. The Kier molecular flexibility index (Phi) is 9.39. The van der Waals surface area contributed by atoms with E-state index in [9.17, 15) is 0 Å². The average molecular weight is 894 g/mol. The Morgan fingerprint density at radius 2 is 0.986 bits per heavy atom. The van der Waals surface area contributed by atoms with Crippen molar-refractivity contribution in [3.8, 4) is 33.4 Å². The predicted molar refractivity (Wildman–Crippen MR) is 291 cm³/mol. The van der Waals surface area contributed by atoms with Crippen LogP contribution in [0.1, 0.15) is 119 Å². The molecule has 9 aromatic carbocycles. The minimum atomic E-state index is -0.532. The lowest BCUT2D eigenvalue weighted by Gasteiger charge is -2.34. The van der Waals surface area contributed by atoms with Gasteiger partial charge in [-0.3, -0.25) is 0 Å². The number of rotatable bonds is 5. The lowest BCUT2D eigenvalue weighted by Crippen LogP contribution is -2.27. The summed E-state index contributed by atoms with van der Waals surface area (Å²) in [5.41, 5.74) is 22.0. The largest absolute Gasteiger partial charge is 0.456 e. The van der Waals surface area contributed by atoms with Gasteiger partial charge in [0.05, 0.1) is 11.1 Å². The van der Waals surface area contributed by atoms with Gasteiger partial charge in [0.15, 0.2) is 0 Å². The van der Waals surface area contributed by atoms with E-state index in [-0.39, 0.29) is 10.8 Å². The van der Waals surface area contributed by atoms with Crippen molar-refractivity contribution in [1.29, 1.82) is 0 Å². The molecule has 69 heavy (non-hydrogen) atoms. The van der Waals surface area contributed by atoms with Crippen LogP contribution in [-0.2, 0) is 16.2 Å². The maximum absolute atomic E-state index is 6.49. The number of fused-ring (bicyclic) bond motifs is 14. The second kappa shape index (κ2) is 15.4. The smallest absolute Gasteiger partial charge is 0.135 e. The van der Waals surface area contributed by atoms with Gasteiger partial charge in [-0.1, -0.05) is 200 Å². The lowest BCUT2D eigenvalue weighted by atomic mass is 9.68. The summed E-state index contributed by atoms with van der Waals surface area (Å²) < 4.78 is 6.49. The first-order chi connectivity index (χ1) is 33.5. The summed E-state index contributed by atoms with van der Waals surface area (Å²) in [5, 5.41) is 4.94. The van der Waals surface area contributed by atoms with Gasteiger partial charge >= 0.3 is 0 Å². The maximum atomic E-state index is 6.49. The van der Waals surface area contributed by atoms with Crippen LogP contribution in [0.3, 0.4) is 0 Å². The van der Waals surface area contributed by atoms with Crippen molar-refractivity contribution in [2.45, 2.75) is 95.8 Å². The number of para-hydroxylation sites is 2. The molecule has 1 saturated carbocycles. The summed E-state index contributed by atoms with van der Waals surface area (Å²) in [6.07, 6.45) is 6.43. The SMILES string of the molecule is CC(C)(C)c1ccc2c(c1)C1(c3ccccc3-c3ccc(N(c4ccc5oc6ccccc6c5c4)c4ccccc4-c4cccc5cccc(C6CCCCC6)c45)cc31)c1cc(C(C)(C)C)ccc1-2. The molecule has 0 amide bonds. The molecule has 1 aromatic heterocycles. The van der Waals surface area contributed by atoms with Crippen molar-refractivity contribution in [2.24, 2.45) is 0 Å². The molecule has 1 heterocycles. The third-order valence-corrected chi connectivity index (χ3v) is 16.2. The van der Waals surface area contributed by atoms with Crippen LogP contribution in [-0.4, -0.2) is 0 Å². The minimum absolute atomic E-state index is 0.0285. The van der Waals surface area contributed by atoms with Gasteiger partial charge in [0, 0.05) is 27.7 Å². The molecule has 0 saturated heterocycles. The predicted octanol–water partition coefficient (Wildman–Crippen LogP) is 18.9. The van der Waals surface area contributed by atoms with Gasteiger partial charge < -0.3 is 9.32 Å². The van der Waals surface area contributed by atoms with Crippen molar-refractivity contribution in [2.75, 3.05) is 4.90 Å². The van der Waals surface area contributed by atoms with Crippen LogP contribution in [0.4, 0.5) is 17.1 Å². The Bertz CT molecular complexity index is 3620. The highest BCUT2D eigenvalue weighted by atomic mass is 16.3. The molecular formula is C67H59NO. The molecule has 3 aliphatic carbocycles. The Balaban J connectivity index is 1.11. The van der Waals surface area contributed by atoms with E-state index >= 15 is 0 Å². The van der Waals surface area contributed by atoms with Crippen LogP contribution < -0.4 is 4.90 Å². The zero-order valence-corrected chi connectivity index (χ0v) is 40.8. The summed E-state index contributed by atoms with van der Waals surface area (Å²) in [6, 6.07) is 69.7. The highest BCUT2D eigenvalue weighted by molar-refractivity contribution is 6.08. The first-order valence-electron chi connectivity index (χ1n) is 25.4. The van der Waals surface area contributed by atoms with Gasteiger partial charge in [0.25, 0.3) is 0 Å². The van der Waals surface area contributed by atoms with Gasteiger partial charge in [-0.2, -0.15) is 0 Å². The molecule has 2 heteroatoms. The standard InChI is InChI=1S/C67H59NO/c1-65(2,3)44-30-34-50-51-35-31-45(66(4,5)6)39-59(51)67(58(50)38-44)57-27-13-10-22-49(57)52-36-32-47(41-60(52)67)68(46-33-37-63-56(40-46)54-24-12-15-29-62(54)69-63)61-28-14-11-23-53(61)55-26-17-21-43-20-16-25-48(64(43)55)42-18-8-7-9-19-42/h10-17,20-42H,7-9,18-19H2,1-6H3. The van der Waals surface area contributed by atoms with Gasteiger partial charge in [-0.05, 0) is 150 Å². The normalized spacial score (nSPS) is 15.2. The van der Waals surface area contributed by atoms with Crippen LogP contribution in [0.15, 0.2) is 186 Å². The van der Waals surface area contributed by atoms with Gasteiger partial charge in [-0.15, -0.1) is 0 Å². The fraction of sp³-hybridized carbons (Fsp3) is 0.224. The fourth-order valence-electron chi connectivity index (χ4n) is 12.8. The highest BCUT2D eigenvalue weighted by Gasteiger charge is 2.52. The van der Waals surface area contributed by atoms with Gasteiger partial charge in [0.1, 0.15) is 11.2 Å². The Morgan fingerprint density at radius 3 is 1.71 bits per heavy atom. The number of benzene rings is 9. The van der Waals surface area contributed by atoms with Crippen LogP contribution in [0.5, 0.6) is 0 Å². The maximum Gasteiger partial charge on any atom is 0.135 e. The summed E-state index contributed by atoms with van der Waals surface area (Å²) >= 11 is 0. The van der Waals surface area contributed by atoms with E-state index in [4.69, 9.17) is 4.42 Å². The van der Waals surface area contributed by atoms with Crippen molar-refractivity contribution < 1.29 is 4.42 Å². The molecule has 0 N–H and O–H groups in total. The molecule has 13 rings (SSSR count). The molecular weight excluding hydrogens is 835 g/mol. The number of furan rings is 1. The van der Waals surface area contributed by atoms with Crippen molar-refractivity contribution in [3.05, 3.63) is 221 Å². The first kappa shape index (κ1) is 42.0. The molecule has 3 aliphatic rings. The minimum Gasteiger partial charge on any atom is -0.456 e. The highest BCUT2D eigenvalue weighted by Crippen LogP contribution is 2.64. The molecule has 1 spiro atoms. The summed E-state index contributed by atoms with van der Waals surface area (Å²) in [7, 11) is 0. The van der Waals surface area contributed by atoms with E-state index in [2.05, 4.69) is 228 Å². The second-order valence-corrected chi connectivity index (χ2v) is 22.3. The van der Waals surface area contributed by atoms with E-state index in [1.165, 1.54) is 115 Å². The van der Waals surface area contributed by atoms with Crippen molar-refractivity contribution in [1.82, 2.24) is 0 Å². The Hall–Kier alpha value is -7.16. The summed E-state index contributed by atoms with van der Waals surface area (Å²) in [6.45, 7) is 14.1. The third-order valence-electron chi connectivity index (χ3n) is 16.2. The van der Waals surface area contributed by atoms with Crippen LogP contribution in [0.2, 0.25) is 0 Å². The van der Waals surface area contributed by atoms with Crippen molar-refractivity contribution >= 4 is 49.8 Å². The summed E-state index contributed by atoms with van der Waals surface area (Å²) in [4.78, 5) is 2.55. The fourth-order valence-corrected chi connectivity index (χ4v) is 12.8. The molecule has 0 aliphatic heterocycles. The van der Waals surface area contributed by atoms with Gasteiger partial charge in [0.2, 0.25) is 0 Å². The topological polar surface area (TPSA) is 16.4 Å². The van der Waals surface area contributed by atoms with E-state index in [1.807, 2.05) is 0 Å². The molecule has 1 fully saturated rings. The number of hydrogen-bond acceptors (Lipinski definition) is 2. The van der Waals surface area contributed by atoms with Crippen LogP contribution >= 0.6 is 0 Å². The zero-order valence-electron chi connectivity index (χ0n) is 40.8. The van der Waals surface area contributed by atoms with E-state index in [1.54, 1.807) is 0 Å². The van der Waals surface area contributed by atoms with Crippen molar-refractivity contribution in [3.63, 3.8) is 0 Å². The molecule has 0 bridgehead atoms. The molecule has 0 radical (unpaired) electrons. The van der Waals surface area contributed by atoms with E-state index in [0.29, 0.717) is 5.92 Å². The summed E-state index contributed by atoms with van der Waals surface area (Å²) in [5.74, 6) is 0.563. The molecule has 0 atom stereocenters. The van der Waals surface area contributed by atoms with Crippen LogP contribution in [0.25, 0.3) is 66.1 Å². The molecule has 338 valence electrons. The Morgan fingerprint density at radius 1 is 0.435 bits per heavy atom. The number of anilines is 3. The quantitative estimate of drug-likeness (QED) is 0.171. The van der Waals surface area contributed by atoms with E-state index in [0.717, 1.165) is 39.0 Å². The van der Waals surface area contributed by atoms with E-state index < -0.39 is 5.41 Å².